The van der Waals surface area contributed by atoms with E-state index in [1.807, 2.05) is 10.8 Å². The first kappa shape index (κ1) is 18.2. The van der Waals surface area contributed by atoms with E-state index in [9.17, 15) is 13.6 Å². The van der Waals surface area contributed by atoms with Crippen LogP contribution >= 0.6 is 21.6 Å². The van der Waals surface area contributed by atoms with Gasteiger partial charge >= 0.3 is 5.97 Å². The van der Waals surface area contributed by atoms with E-state index in [0.29, 0.717) is 18.4 Å². The van der Waals surface area contributed by atoms with E-state index in [0.717, 1.165) is 23.2 Å². The Morgan fingerprint density at radius 1 is 1.48 bits per heavy atom. The molecule has 1 aromatic heterocycles. The fourth-order valence-corrected chi connectivity index (χ4v) is 5.09. The first-order valence-corrected chi connectivity index (χ1v) is 10.0. The molecule has 0 radical (unpaired) electrons. The Kier molecular flexibility index (Phi) is 5.65. The van der Waals surface area contributed by atoms with Gasteiger partial charge in [-0.3, -0.25) is 4.79 Å². The van der Waals surface area contributed by atoms with Crippen LogP contribution in [0.1, 0.15) is 23.6 Å². The van der Waals surface area contributed by atoms with E-state index in [1.54, 1.807) is 6.20 Å². The third-order valence-electron chi connectivity index (χ3n) is 4.16. The molecule has 0 bridgehead atoms. The van der Waals surface area contributed by atoms with Crippen molar-refractivity contribution in [2.75, 3.05) is 5.75 Å². The summed E-state index contributed by atoms with van der Waals surface area (Å²) in [5.41, 5.74) is 6.77. The van der Waals surface area contributed by atoms with Crippen LogP contribution in [-0.4, -0.2) is 32.4 Å². The topological polar surface area (TPSA) is 81.1 Å². The standard InChI is InChI=1S/C16H17F2N3O2S2/c17-10-5-9-1-2-11(7-12(9)13(18)6-10)21-4-3-20-16(21)25-24-8-14(19)15(22)23/h3-6,11,14H,1-2,7-8,19H2,(H,22,23)/t11?,14-/m0/s1. The van der Waals surface area contributed by atoms with Crippen molar-refractivity contribution in [3.05, 3.63) is 47.3 Å². The van der Waals surface area contributed by atoms with E-state index in [2.05, 4.69) is 4.98 Å². The van der Waals surface area contributed by atoms with Crippen LogP contribution in [0.2, 0.25) is 0 Å². The molecule has 0 spiro atoms. The maximum atomic E-state index is 14.1. The van der Waals surface area contributed by atoms with Gasteiger partial charge in [-0.25, -0.2) is 13.8 Å². The number of aliphatic carboxylic acids is 1. The lowest BCUT2D eigenvalue weighted by Gasteiger charge is -2.27. The average molecular weight is 385 g/mol. The molecule has 25 heavy (non-hydrogen) atoms. The summed E-state index contributed by atoms with van der Waals surface area (Å²) >= 11 is 0. The van der Waals surface area contributed by atoms with Crippen molar-refractivity contribution in [1.29, 1.82) is 0 Å². The highest BCUT2D eigenvalue weighted by Gasteiger charge is 2.25. The summed E-state index contributed by atoms with van der Waals surface area (Å²) in [6, 6.07) is 1.44. The third kappa shape index (κ3) is 4.16. The predicted molar refractivity (Wildman–Crippen MR) is 93.6 cm³/mol. The van der Waals surface area contributed by atoms with Gasteiger partial charge in [-0.1, -0.05) is 10.8 Å². The molecule has 1 aliphatic carbocycles. The maximum absolute atomic E-state index is 14.1. The summed E-state index contributed by atoms with van der Waals surface area (Å²) in [5, 5.41) is 9.53. The molecule has 1 aromatic carbocycles. The Labute approximate surface area is 151 Å². The number of benzene rings is 1. The summed E-state index contributed by atoms with van der Waals surface area (Å²) in [6.45, 7) is 0. The first-order chi connectivity index (χ1) is 12.0. The highest BCUT2D eigenvalue weighted by molar-refractivity contribution is 8.76. The molecule has 0 saturated carbocycles. The van der Waals surface area contributed by atoms with E-state index in [-0.39, 0.29) is 11.8 Å². The number of aryl methyl sites for hydroxylation is 1. The molecule has 2 aromatic rings. The number of carbonyl (C=O) groups is 1. The molecule has 0 aliphatic heterocycles. The molecule has 1 heterocycles. The molecule has 0 saturated heterocycles. The number of hydrogen-bond donors (Lipinski definition) is 2. The molecule has 134 valence electrons. The number of imidazole rings is 1. The minimum Gasteiger partial charge on any atom is -0.480 e. The van der Waals surface area contributed by atoms with Gasteiger partial charge in [0, 0.05) is 30.3 Å². The largest absolute Gasteiger partial charge is 0.480 e. The normalized spacial score (nSPS) is 18.0. The molecule has 1 unspecified atom stereocenters. The second kappa shape index (κ2) is 7.76. The number of aromatic nitrogens is 2. The van der Waals surface area contributed by atoms with Crippen LogP contribution in [0.4, 0.5) is 8.78 Å². The van der Waals surface area contributed by atoms with Gasteiger partial charge in [0.05, 0.1) is 0 Å². The fraction of sp³-hybridized carbons (Fsp3) is 0.375. The van der Waals surface area contributed by atoms with Crippen LogP contribution in [-0.2, 0) is 17.6 Å². The van der Waals surface area contributed by atoms with E-state index < -0.39 is 23.6 Å². The minimum absolute atomic E-state index is 0.0335. The third-order valence-corrected chi connectivity index (χ3v) is 6.45. The Morgan fingerprint density at radius 3 is 3.04 bits per heavy atom. The van der Waals surface area contributed by atoms with Gasteiger partial charge in [0.2, 0.25) is 0 Å². The van der Waals surface area contributed by atoms with E-state index in [4.69, 9.17) is 10.8 Å². The second-order valence-electron chi connectivity index (χ2n) is 5.85. The number of nitrogens with two attached hydrogens (primary N) is 1. The molecular formula is C16H17F2N3O2S2. The van der Waals surface area contributed by atoms with Gasteiger partial charge in [0.1, 0.15) is 17.7 Å². The van der Waals surface area contributed by atoms with Gasteiger partial charge in [-0.05, 0) is 47.2 Å². The monoisotopic (exact) mass is 385 g/mol. The Bertz CT molecular complexity index is 785. The van der Waals surface area contributed by atoms with Crippen LogP contribution in [0.3, 0.4) is 0 Å². The molecule has 5 nitrogen and oxygen atoms in total. The number of rotatable bonds is 6. The molecular weight excluding hydrogens is 368 g/mol. The number of carboxylic acids is 1. The smallest absolute Gasteiger partial charge is 0.321 e. The van der Waals surface area contributed by atoms with E-state index in [1.165, 1.54) is 27.7 Å². The quantitative estimate of drug-likeness (QED) is 0.744. The van der Waals surface area contributed by atoms with Crippen LogP contribution in [0.15, 0.2) is 29.7 Å². The summed E-state index contributed by atoms with van der Waals surface area (Å²) < 4.78 is 29.4. The maximum Gasteiger partial charge on any atom is 0.321 e. The van der Waals surface area contributed by atoms with Gasteiger partial charge in [-0.2, -0.15) is 0 Å². The minimum atomic E-state index is -1.04. The number of fused-ring (bicyclic) bond motifs is 1. The Balaban J connectivity index is 1.69. The highest BCUT2D eigenvalue weighted by atomic mass is 33.1. The van der Waals surface area contributed by atoms with Crippen molar-refractivity contribution in [3.63, 3.8) is 0 Å². The van der Waals surface area contributed by atoms with Crippen molar-refractivity contribution >= 4 is 27.6 Å². The lowest BCUT2D eigenvalue weighted by molar-refractivity contribution is -0.137. The molecule has 1 aliphatic rings. The van der Waals surface area contributed by atoms with Crippen molar-refractivity contribution in [2.24, 2.45) is 5.73 Å². The Hall–Kier alpha value is -1.58. The van der Waals surface area contributed by atoms with Crippen molar-refractivity contribution in [2.45, 2.75) is 36.5 Å². The number of carboxylic acid groups (broad SMARTS) is 1. The van der Waals surface area contributed by atoms with Gasteiger partial charge < -0.3 is 15.4 Å². The van der Waals surface area contributed by atoms with E-state index >= 15 is 0 Å². The van der Waals surface area contributed by atoms with Crippen LogP contribution in [0.25, 0.3) is 0 Å². The summed E-state index contributed by atoms with van der Waals surface area (Å²) in [5.74, 6) is -1.83. The van der Waals surface area contributed by atoms with Gasteiger partial charge in [-0.15, -0.1) is 0 Å². The molecule has 9 heteroatoms. The predicted octanol–water partition coefficient (Wildman–Crippen LogP) is 3.04. The molecule has 3 N–H and O–H groups in total. The summed E-state index contributed by atoms with van der Waals surface area (Å²) in [4.78, 5) is 15.0. The summed E-state index contributed by atoms with van der Waals surface area (Å²) in [7, 11) is 2.67. The first-order valence-electron chi connectivity index (χ1n) is 7.73. The fourth-order valence-electron chi connectivity index (χ4n) is 2.88. The molecule has 3 rings (SSSR count). The van der Waals surface area contributed by atoms with Crippen LogP contribution < -0.4 is 5.73 Å². The second-order valence-corrected chi connectivity index (χ2v) is 8.16. The number of nitrogens with zero attached hydrogens (tertiary/aromatic N) is 2. The van der Waals surface area contributed by atoms with Crippen LogP contribution in [0, 0.1) is 11.6 Å². The number of hydrogen-bond acceptors (Lipinski definition) is 5. The lowest BCUT2D eigenvalue weighted by Crippen LogP contribution is -2.32. The van der Waals surface area contributed by atoms with Crippen molar-refractivity contribution in [3.8, 4) is 0 Å². The molecule has 2 atom stereocenters. The zero-order valence-corrected chi connectivity index (χ0v) is 14.8. The van der Waals surface area contributed by atoms with Gasteiger partial charge in [0.25, 0.3) is 0 Å². The molecule has 0 fully saturated rings. The van der Waals surface area contributed by atoms with Crippen molar-refractivity contribution in [1.82, 2.24) is 9.55 Å². The number of halogens is 2. The highest BCUT2D eigenvalue weighted by Crippen LogP contribution is 2.36. The summed E-state index contributed by atoms with van der Waals surface area (Å²) in [6.07, 6.45) is 5.34. The average Bonchev–Trinajstić information content (AvgIpc) is 3.02. The van der Waals surface area contributed by atoms with Gasteiger partial charge in [0.15, 0.2) is 5.16 Å². The Morgan fingerprint density at radius 2 is 2.28 bits per heavy atom. The lowest BCUT2D eigenvalue weighted by atomic mass is 9.87. The SMILES string of the molecule is N[C@@H](CSSc1nccn1C1CCc2cc(F)cc(F)c2C1)C(=O)O. The molecule has 0 amide bonds. The van der Waals surface area contributed by atoms with Crippen molar-refractivity contribution < 1.29 is 18.7 Å². The van der Waals surface area contributed by atoms with Crippen LogP contribution in [0.5, 0.6) is 0 Å². The zero-order valence-electron chi connectivity index (χ0n) is 13.2. The zero-order chi connectivity index (χ0) is 18.0.